The van der Waals surface area contributed by atoms with Crippen molar-refractivity contribution in [2.45, 2.75) is 20.1 Å². The highest BCUT2D eigenvalue weighted by atomic mass is 35.5. The summed E-state index contributed by atoms with van der Waals surface area (Å²) >= 11 is 6.19. The van der Waals surface area contributed by atoms with Gasteiger partial charge in [-0.2, -0.15) is 5.10 Å². The molecule has 1 heterocycles. The topological polar surface area (TPSA) is 65.4 Å². The highest BCUT2D eigenvalue weighted by Crippen LogP contribution is 2.19. The number of halogens is 1. The Bertz CT molecular complexity index is 942. The Labute approximate surface area is 175 Å². The van der Waals surface area contributed by atoms with Gasteiger partial charge in [-0.3, -0.25) is 4.79 Å². The predicted molar refractivity (Wildman–Crippen MR) is 112 cm³/mol. The van der Waals surface area contributed by atoms with Crippen LogP contribution >= 0.6 is 11.6 Å². The molecule has 0 unspecified atom stereocenters. The molecule has 1 aromatic heterocycles. The maximum absolute atomic E-state index is 12.4. The molecule has 1 amide bonds. The third-order valence-corrected chi connectivity index (χ3v) is 4.53. The van der Waals surface area contributed by atoms with E-state index in [0.29, 0.717) is 43.7 Å². The molecular formula is C22H24ClN3O3. The fourth-order valence-corrected chi connectivity index (χ4v) is 2.99. The van der Waals surface area contributed by atoms with Crippen LogP contribution in [0.5, 0.6) is 0 Å². The molecule has 0 spiro atoms. The minimum atomic E-state index is -0.242. The highest BCUT2D eigenvalue weighted by Gasteiger charge is 2.11. The number of amides is 1. The van der Waals surface area contributed by atoms with Gasteiger partial charge in [-0.1, -0.05) is 48.0 Å². The lowest BCUT2D eigenvalue weighted by molar-refractivity contribution is 0.0453. The molecular weight excluding hydrogens is 390 g/mol. The number of rotatable bonds is 10. The zero-order valence-electron chi connectivity index (χ0n) is 16.3. The van der Waals surface area contributed by atoms with E-state index in [9.17, 15) is 4.79 Å². The molecule has 6 nitrogen and oxygen atoms in total. The third kappa shape index (κ3) is 6.15. The Morgan fingerprint density at radius 3 is 2.69 bits per heavy atom. The molecule has 0 fully saturated rings. The number of hydrogen-bond acceptors (Lipinski definition) is 4. The first-order valence-corrected chi connectivity index (χ1v) is 9.87. The minimum absolute atomic E-state index is 0.242. The number of aromatic nitrogens is 2. The fraction of sp³-hybridized carbons (Fsp3) is 0.273. The van der Waals surface area contributed by atoms with Crippen molar-refractivity contribution >= 4 is 17.5 Å². The first-order valence-electron chi connectivity index (χ1n) is 9.49. The number of hydrogen-bond donors (Lipinski definition) is 1. The normalized spacial score (nSPS) is 10.8. The number of ether oxygens (including phenoxy) is 2. The molecule has 0 aliphatic heterocycles. The van der Waals surface area contributed by atoms with Gasteiger partial charge in [0.1, 0.15) is 0 Å². The van der Waals surface area contributed by atoms with Crippen molar-refractivity contribution in [3.05, 3.63) is 82.6 Å². The second kappa shape index (κ2) is 10.8. The summed E-state index contributed by atoms with van der Waals surface area (Å²) in [4.78, 5) is 12.4. The zero-order chi connectivity index (χ0) is 20.5. The summed E-state index contributed by atoms with van der Waals surface area (Å²) < 4.78 is 12.4. The van der Waals surface area contributed by atoms with Gasteiger partial charge in [-0.15, -0.1) is 0 Å². The van der Waals surface area contributed by atoms with E-state index in [1.807, 2.05) is 49.4 Å². The molecule has 2 aromatic carbocycles. The number of carbonyl (C=O) groups excluding carboxylic acids is 1. The molecule has 3 rings (SSSR count). The summed E-state index contributed by atoms with van der Waals surface area (Å²) in [5.41, 5.74) is 3.11. The lowest BCUT2D eigenvalue weighted by Crippen LogP contribution is -2.23. The molecule has 3 aromatic rings. The van der Waals surface area contributed by atoms with Gasteiger partial charge >= 0.3 is 0 Å². The smallest absolute Gasteiger partial charge is 0.272 e. The summed E-state index contributed by atoms with van der Waals surface area (Å²) in [6.07, 6.45) is 1.72. The van der Waals surface area contributed by atoms with Gasteiger partial charge in [0.2, 0.25) is 0 Å². The average Bonchev–Trinajstić information content (AvgIpc) is 3.23. The van der Waals surface area contributed by atoms with E-state index in [0.717, 1.165) is 16.8 Å². The van der Waals surface area contributed by atoms with Crippen LogP contribution in [0.25, 0.3) is 5.69 Å². The summed E-state index contributed by atoms with van der Waals surface area (Å²) in [6, 6.07) is 16.9. The zero-order valence-corrected chi connectivity index (χ0v) is 17.1. The van der Waals surface area contributed by atoms with Crippen molar-refractivity contribution < 1.29 is 14.3 Å². The monoisotopic (exact) mass is 413 g/mol. The van der Waals surface area contributed by atoms with E-state index in [1.54, 1.807) is 23.0 Å². The number of nitrogens with one attached hydrogen (secondary N) is 1. The van der Waals surface area contributed by atoms with Gasteiger partial charge in [0.15, 0.2) is 5.69 Å². The van der Waals surface area contributed by atoms with E-state index in [-0.39, 0.29) is 5.91 Å². The first kappa shape index (κ1) is 21.0. The summed E-state index contributed by atoms with van der Waals surface area (Å²) in [7, 11) is 0. The van der Waals surface area contributed by atoms with Crippen molar-refractivity contribution in [3.63, 3.8) is 0 Å². The maximum Gasteiger partial charge on any atom is 0.272 e. The molecule has 0 radical (unpaired) electrons. The van der Waals surface area contributed by atoms with Gasteiger partial charge in [-0.05, 0) is 36.2 Å². The Morgan fingerprint density at radius 1 is 1.07 bits per heavy atom. The Hall–Kier alpha value is -2.67. The molecule has 0 aliphatic rings. The largest absolute Gasteiger partial charge is 0.379 e. The van der Waals surface area contributed by atoms with Crippen LogP contribution in [0.1, 0.15) is 28.5 Å². The minimum Gasteiger partial charge on any atom is -0.379 e. The quantitative estimate of drug-likeness (QED) is 0.510. The van der Waals surface area contributed by atoms with Crippen LogP contribution in [-0.2, 0) is 22.6 Å². The van der Waals surface area contributed by atoms with Crippen molar-refractivity contribution in [3.8, 4) is 5.69 Å². The Kier molecular flexibility index (Phi) is 7.81. The third-order valence-electron chi connectivity index (χ3n) is 4.21. The Morgan fingerprint density at radius 2 is 1.86 bits per heavy atom. The lowest BCUT2D eigenvalue weighted by Gasteiger charge is -2.08. The van der Waals surface area contributed by atoms with Crippen LogP contribution in [0, 0.1) is 0 Å². The van der Waals surface area contributed by atoms with Crippen LogP contribution in [0.15, 0.2) is 60.8 Å². The summed E-state index contributed by atoms with van der Waals surface area (Å²) in [6.45, 7) is 4.71. The lowest BCUT2D eigenvalue weighted by atomic mass is 10.1. The second-order valence-electron chi connectivity index (χ2n) is 6.35. The van der Waals surface area contributed by atoms with Crippen molar-refractivity contribution in [1.82, 2.24) is 15.1 Å². The first-order chi connectivity index (χ1) is 14.2. The number of carbonyl (C=O) groups is 1. The van der Waals surface area contributed by atoms with Crippen molar-refractivity contribution in [1.29, 1.82) is 0 Å². The molecule has 0 atom stereocenters. The Balaban J connectivity index is 1.53. The predicted octanol–water partition coefficient (Wildman–Crippen LogP) is 4.01. The van der Waals surface area contributed by atoms with Crippen LogP contribution in [0.3, 0.4) is 0 Å². The number of benzene rings is 2. The van der Waals surface area contributed by atoms with Crippen molar-refractivity contribution in [2.75, 3.05) is 19.8 Å². The summed E-state index contributed by atoms with van der Waals surface area (Å²) in [5, 5.41) is 7.79. The van der Waals surface area contributed by atoms with Gasteiger partial charge < -0.3 is 14.8 Å². The second-order valence-corrected chi connectivity index (χ2v) is 6.76. The van der Waals surface area contributed by atoms with Gasteiger partial charge in [0, 0.05) is 19.3 Å². The molecule has 0 aliphatic carbocycles. The standard InChI is InChI=1S/C22H24ClN3O3/c1-2-28-12-13-29-16-18-7-5-6-17(14-18)15-24-22(27)20-10-11-26(25-20)21-9-4-3-8-19(21)23/h3-11,14H,2,12-13,15-16H2,1H3,(H,24,27). The van der Waals surface area contributed by atoms with Gasteiger partial charge in [-0.25, -0.2) is 4.68 Å². The number of nitrogens with zero attached hydrogens (tertiary/aromatic N) is 2. The van der Waals surface area contributed by atoms with E-state index in [2.05, 4.69) is 10.4 Å². The molecule has 1 N–H and O–H groups in total. The van der Waals surface area contributed by atoms with Crippen LogP contribution in [-0.4, -0.2) is 35.5 Å². The van der Waals surface area contributed by atoms with Crippen LogP contribution < -0.4 is 5.32 Å². The molecule has 29 heavy (non-hydrogen) atoms. The van der Waals surface area contributed by atoms with E-state index >= 15 is 0 Å². The number of para-hydroxylation sites is 1. The van der Waals surface area contributed by atoms with E-state index in [4.69, 9.17) is 21.1 Å². The highest BCUT2D eigenvalue weighted by molar-refractivity contribution is 6.32. The molecule has 152 valence electrons. The average molecular weight is 414 g/mol. The van der Waals surface area contributed by atoms with Crippen LogP contribution in [0.2, 0.25) is 5.02 Å². The van der Waals surface area contributed by atoms with Crippen LogP contribution in [0.4, 0.5) is 0 Å². The SMILES string of the molecule is CCOCCOCc1cccc(CNC(=O)c2ccn(-c3ccccc3Cl)n2)c1. The maximum atomic E-state index is 12.4. The fourth-order valence-electron chi connectivity index (χ4n) is 2.77. The molecule has 0 saturated carbocycles. The van der Waals surface area contributed by atoms with Crippen molar-refractivity contribution in [2.24, 2.45) is 0 Å². The van der Waals surface area contributed by atoms with E-state index in [1.165, 1.54) is 0 Å². The molecule has 7 heteroatoms. The summed E-state index contributed by atoms with van der Waals surface area (Å²) in [5.74, 6) is -0.242. The van der Waals surface area contributed by atoms with Gasteiger partial charge in [0.05, 0.1) is 30.5 Å². The molecule has 0 bridgehead atoms. The molecule has 0 saturated heterocycles. The van der Waals surface area contributed by atoms with E-state index < -0.39 is 0 Å². The van der Waals surface area contributed by atoms with Gasteiger partial charge in [0.25, 0.3) is 5.91 Å².